The lowest BCUT2D eigenvalue weighted by Gasteiger charge is -2.35. The van der Waals surface area contributed by atoms with E-state index in [4.69, 9.17) is 4.74 Å². The van der Waals surface area contributed by atoms with Crippen LogP contribution in [-0.2, 0) is 9.53 Å². The summed E-state index contributed by atoms with van der Waals surface area (Å²) in [6.45, 7) is 2.65. The van der Waals surface area contributed by atoms with E-state index < -0.39 is 0 Å². The predicted octanol–water partition coefficient (Wildman–Crippen LogP) is 1.77. The summed E-state index contributed by atoms with van der Waals surface area (Å²) in [6, 6.07) is 6.06. The van der Waals surface area contributed by atoms with Crippen LogP contribution in [0.25, 0.3) is 10.9 Å². The highest BCUT2D eigenvalue weighted by molar-refractivity contribution is 5.98. The lowest BCUT2D eigenvalue weighted by atomic mass is 10.2. The van der Waals surface area contributed by atoms with Gasteiger partial charge in [-0.05, 0) is 37.1 Å². The zero-order valence-corrected chi connectivity index (χ0v) is 13.8. The van der Waals surface area contributed by atoms with Crippen LogP contribution in [0.1, 0.15) is 23.3 Å². The number of carbonyl (C=O) groups excluding carboxylic acids is 2. The van der Waals surface area contributed by atoms with Gasteiger partial charge in [0.2, 0.25) is 0 Å². The van der Waals surface area contributed by atoms with Crippen molar-refractivity contribution in [3.8, 4) is 0 Å². The molecule has 0 saturated carbocycles. The van der Waals surface area contributed by atoms with Gasteiger partial charge in [-0.15, -0.1) is 0 Å². The van der Waals surface area contributed by atoms with Crippen molar-refractivity contribution in [1.82, 2.24) is 14.8 Å². The maximum Gasteiger partial charge on any atom is 0.270 e. The monoisotopic (exact) mass is 345 g/mol. The van der Waals surface area contributed by atoms with Crippen LogP contribution in [0.15, 0.2) is 24.3 Å². The highest BCUT2D eigenvalue weighted by Gasteiger charge is 2.31. The number of fused-ring (bicyclic) bond motifs is 1. The molecule has 2 amide bonds. The Bertz CT molecular complexity index is 805. The number of H-pyrrole nitrogens is 1. The van der Waals surface area contributed by atoms with Crippen LogP contribution in [0.2, 0.25) is 0 Å². The molecule has 3 heterocycles. The molecule has 1 unspecified atom stereocenters. The Kier molecular flexibility index (Phi) is 4.17. The zero-order chi connectivity index (χ0) is 17.4. The lowest BCUT2D eigenvalue weighted by Crippen LogP contribution is -2.52. The van der Waals surface area contributed by atoms with E-state index in [1.54, 1.807) is 21.9 Å². The summed E-state index contributed by atoms with van der Waals surface area (Å²) >= 11 is 0. The van der Waals surface area contributed by atoms with Crippen molar-refractivity contribution in [2.24, 2.45) is 0 Å². The minimum absolute atomic E-state index is 0.0330. The summed E-state index contributed by atoms with van der Waals surface area (Å²) in [7, 11) is 0. The van der Waals surface area contributed by atoms with E-state index in [9.17, 15) is 14.0 Å². The molecule has 1 N–H and O–H groups in total. The molecule has 2 saturated heterocycles. The smallest absolute Gasteiger partial charge is 0.270 e. The van der Waals surface area contributed by atoms with Crippen molar-refractivity contribution in [2.75, 3.05) is 32.8 Å². The Balaban J connectivity index is 1.41. The van der Waals surface area contributed by atoms with Crippen molar-refractivity contribution in [2.45, 2.75) is 18.9 Å². The molecule has 1 atom stereocenters. The summed E-state index contributed by atoms with van der Waals surface area (Å²) in [4.78, 5) is 31.6. The average molecular weight is 345 g/mol. The first-order valence-electron chi connectivity index (χ1n) is 8.60. The van der Waals surface area contributed by atoms with Gasteiger partial charge in [-0.1, -0.05) is 0 Å². The van der Waals surface area contributed by atoms with Crippen LogP contribution in [0, 0.1) is 5.82 Å². The lowest BCUT2D eigenvalue weighted by molar-refractivity contribution is -0.142. The fraction of sp³-hybridized carbons (Fsp3) is 0.444. The Morgan fingerprint density at radius 2 is 1.88 bits per heavy atom. The third-order valence-electron chi connectivity index (χ3n) is 4.90. The maximum absolute atomic E-state index is 13.3. The molecule has 0 spiro atoms. The minimum atomic E-state index is -0.327. The number of carbonyl (C=O) groups is 2. The van der Waals surface area contributed by atoms with Crippen LogP contribution in [-0.4, -0.2) is 65.5 Å². The first kappa shape index (κ1) is 16.1. The maximum atomic E-state index is 13.3. The molecule has 7 heteroatoms. The van der Waals surface area contributed by atoms with Gasteiger partial charge in [0.1, 0.15) is 17.6 Å². The van der Waals surface area contributed by atoms with E-state index >= 15 is 0 Å². The zero-order valence-electron chi connectivity index (χ0n) is 13.8. The Morgan fingerprint density at radius 1 is 1.12 bits per heavy atom. The Morgan fingerprint density at radius 3 is 2.60 bits per heavy atom. The van der Waals surface area contributed by atoms with Gasteiger partial charge >= 0.3 is 0 Å². The molecule has 2 aliphatic rings. The topological polar surface area (TPSA) is 65.6 Å². The summed E-state index contributed by atoms with van der Waals surface area (Å²) < 4.78 is 18.7. The molecule has 2 aromatic rings. The summed E-state index contributed by atoms with van der Waals surface area (Å²) in [5.41, 5.74) is 1.18. The number of aromatic nitrogens is 1. The molecule has 25 heavy (non-hydrogen) atoms. The number of hydrogen-bond acceptors (Lipinski definition) is 3. The molecule has 6 nitrogen and oxygen atoms in total. The predicted molar refractivity (Wildman–Crippen MR) is 89.7 cm³/mol. The standard InChI is InChI=1S/C18H20FN3O3/c19-13-3-4-14-12(10-13)11-15(20-14)17(23)21-5-7-22(8-6-21)18(24)16-2-1-9-25-16/h3-4,10-11,16,20H,1-2,5-9H2. The number of amides is 2. The second kappa shape index (κ2) is 6.48. The molecular formula is C18H20FN3O3. The molecule has 132 valence electrons. The molecular weight excluding hydrogens is 325 g/mol. The average Bonchev–Trinajstić information content (AvgIpc) is 3.30. The third kappa shape index (κ3) is 3.11. The molecule has 0 aliphatic carbocycles. The highest BCUT2D eigenvalue weighted by atomic mass is 19.1. The van der Waals surface area contributed by atoms with Crippen LogP contribution >= 0.6 is 0 Å². The number of rotatable bonds is 2. The van der Waals surface area contributed by atoms with Gasteiger partial charge in [-0.3, -0.25) is 9.59 Å². The van der Waals surface area contributed by atoms with Crippen LogP contribution < -0.4 is 0 Å². The van der Waals surface area contributed by atoms with Gasteiger partial charge < -0.3 is 19.5 Å². The van der Waals surface area contributed by atoms with Crippen molar-refractivity contribution in [3.63, 3.8) is 0 Å². The normalized spacial score (nSPS) is 21.1. The van der Waals surface area contributed by atoms with E-state index in [1.807, 2.05) is 0 Å². The largest absolute Gasteiger partial charge is 0.368 e. The van der Waals surface area contributed by atoms with Crippen molar-refractivity contribution in [3.05, 3.63) is 35.8 Å². The van der Waals surface area contributed by atoms with Gasteiger partial charge in [-0.2, -0.15) is 0 Å². The molecule has 4 rings (SSSR count). The first-order valence-corrected chi connectivity index (χ1v) is 8.60. The van der Waals surface area contributed by atoms with Gasteiger partial charge in [0.05, 0.1) is 0 Å². The number of nitrogens with zero attached hydrogens (tertiary/aromatic N) is 2. The number of benzene rings is 1. The SMILES string of the molecule is O=C(c1cc2cc(F)ccc2[nH]1)N1CCN(C(=O)C2CCCO2)CC1. The molecule has 0 bridgehead atoms. The minimum Gasteiger partial charge on any atom is -0.368 e. The fourth-order valence-electron chi connectivity index (χ4n) is 3.50. The fourth-order valence-corrected chi connectivity index (χ4v) is 3.50. The number of halogens is 1. The quantitative estimate of drug-likeness (QED) is 0.902. The van der Waals surface area contributed by atoms with E-state index in [1.165, 1.54) is 12.1 Å². The van der Waals surface area contributed by atoms with E-state index in [-0.39, 0.29) is 23.7 Å². The third-order valence-corrected chi connectivity index (χ3v) is 4.90. The second-order valence-corrected chi connectivity index (χ2v) is 6.53. The Hall–Kier alpha value is -2.41. The van der Waals surface area contributed by atoms with Gasteiger partial charge in [-0.25, -0.2) is 4.39 Å². The Labute approximate surface area is 144 Å². The van der Waals surface area contributed by atoms with Crippen molar-refractivity contribution in [1.29, 1.82) is 0 Å². The number of aromatic amines is 1. The van der Waals surface area contributed by atoms with Gasteiger partial charge in [0.15, 0.2) is 0 Å². The molecule has 1 aromatic heterocycles. The van der Waals surface area contributed by atoms with Crippen molar-refractivity contribution >= 4 is 22.7 Å². The number of nitrogens with one attached hydrogen (secondary N) is 1. The summed E-state index contributed by atoms with van der Waals surface area (Å²) in [5, 5.41) is 0.676. The number of ether oxygens (including phenoxy) is 1. The highest BCUT2D eigenvalue weighted by Crippen LogP contribution is 2.19. The van der Waals surface area contributed by atoms with E-state index in [2.05, 4.69) is 4.98 Å². The molecule has 2 aliphatic heterocycles. The number of piperazine rings is 1. The summed E-state index contributed by atoms with van der Waals surface area (Å²) in [5.74, 6) is -0.418. The van der Waals surface area contributed by atoms with Crippen molar-refractivity contribution < 1.29 is 18.7 Å². The second-order valence-electron chi connectivity index (χ2n) is 6.53. The van der Waals surface area contributed by atoms with Gasteiger partial charge in [0.25, 0.3) is 11.8 Å². The van der Waals surface area contributed by atoms with Gasteiger partial charge in [0, 0.05) is 43.7 Å². The van der Waals surface area contributed by atoms with E-state index in [0.29, 0.717) is 43.9 Å². The molecule has 2 fully saturated rings. The summed E-state index contributed by atoms with van der Waals surface area (Å²) in [6.07, 6.45) is 1.39. The molecule has 1 aromatic carbocycles. The van der Waals surface area contributed by atoms with E-state index in [0.717, 1.165) is 18.4 Å². The number of hydrogen-bond donors (Lipinski definition) is 1. The van der Waals surface area contributed by atoms with Crippen LogP contribution in [0.3, 0.4) is 0 Å². The first-order chi connectivity index (χ1) is 12.1. The van der Waals surface area contributed by atoms with Crippen LogP contribution in [0.5, 0.6) is 0 Å². The molecule has 0 radical (unpaired) electrons. The van der Waals surface area contributed by atoms with Crippen LogP contribution in [0.4, 0.5) is 4.39 Å².